The molecule has 0 aromatic carbocycles. The number of pyridine rings is 1. The van der Waals surface area contributed by atoms with Gasteiger partial charge in [0.1, 0.15) is 5.82 Å². The molecule has 19 heavy (non-hydrogen) atoms. The molecule has 1 saturated carbocycles. The molecule has 1 heterocycles. The molecule has 0 unspecified atom stereocenters. The zero-order valence-electron chi connectivity index (χ0n) is 12.1. The van der Waals surface area contributed by atoms with E-state index in [1.807, 2.05) is 6.20 Å². The minimum Gasteiger partial charge on any atom is -0.383 e. The van der Waals surface area contributed by atoms with E-state index in [2.05, 4.69) is 34.3 Å². The topological polar surface area (TPSA) is 37.4 Å². The van der Waals surface area contributed by atoms with Crippen LogP contribution in [-0.2, 0) is 11.3 Å². The average molecular weight is 263 g/mol. The Kier molecular flexibility index (Phi) is 5.61. The fraction of sp³-hybridized carbons (Fsp3) is 0.667. The number of nitrogens with one attached hydrogen (secondary N) is 1. The highest BCUT2D eigenvalue weighted by Crippen LogP contribution is 2.28. The third-order valence-corrected chi connectivity index (χ3v) is 3.41. The molecule has 1 aliphatic carbocycles. The van der Waals surface area contributed by atoms with Gasteiger partial charge in [-0.25, -0.2) is 4.98 Å². The van der Waals surface area contributed by atoms with Gasteiger partial charge in [-0.3, -0.25) is 4.90 Å². The molecule has 1 aliphatic rings. The zero-order valence-corrected chi connectivity index (χ0v) is 12.1. The van der Waals surface area contributed by atoms with Gasteiger partial charge in [-0.1, -0.05) is 6.92 Å². The molecule has 0 amide bonds. The first-order valence-corrected chi connectivity index (χ1v) is 7.25. The van der Waals surface area contributed by atoms with Crippen molar-refractivity contribution in [1.82, 2.24) is 9.88 Å². The van der Waals surface area contributed by atoms with Gasteiger partial charge in [-0.15, -0.1) is 0 Å². The SMILES string of the molecule is CCCNc1cc(CN(CCOC)C2CC2)ccn1. The van der Waals surface area contributed by atoms with Crippen molar-refractivity contribution in [2.45, 2.75) is 38.8 Å². The summed E-state index contributed by atoms with van der Waals surface area (Å²) in [6.07, 6.45) is 5.67. The summed E-state index contributed by atoms with van der Waals surface area (Å²) in [6, 6.07) is 5.03. The predicted molar refractivity (Wildman–Crippen MR) is 78.3 cm³/mol. The van der Waals surface area contributed by atoms with Crippen LogP contribution in [0.3, 0.4) is 0 Å². The number of aromatic nitrogens is 1. The second kappa shape index (κ2) is 7.46. The summed E-state index contributed by atoms with van der Waals surface area (Å²) < 4.78 is 5.20. The molecular weight excluding hydrogens is 238 g/mol. The molecule has 1 aromatic rings. The van der Waals surface area contributed by atoms with Crippen molar-refractivity contribution in [1.29, 1.82) is 0 Å². The number of anilines is 1. The molecular formula is C15H25N3O. The lowest BCUT2D eigenvalue weighted by molar-refractivity contribution is 0.139. The van der Waals surface area contributed by atoms with Crippen LogP contribution in [0.25, 0.3) is 0 Å². The van der Waals surface area contributed by atoms with Crippen molar-refractivity contribution in [2.75, 3.05) is 32.1 Å². The number of rotatable bonds is 9. The predicted octanol–water partition coefficient (Wildman–Crippen LogP) is 2.51. The Labute approximate surface area is 116 Å². The second-order valence-electron chi connectivity index (χ2n) is 5.17. The number of hydrogen-bond acceptors (Lipinski definition) is 4. The monoisotopic (exact) mass is 263 g/mol. The Morgan fingerprint density at radius 1 is 1.47 bits per heavy atom. The Hall–Kier alpha value is -1.13. The lowest BCUT2D eigenvalue weighted by Gasteiger charge is -2.21. The van der Waals surface area contributed by atoms with E-state index in [9.17, 15) is 0 Å². The van der Waals surface area contributed by atoms with E-state index in [1.165, 1.54) is 18.4 Å². The fourth-order valence-electron chi connectivity index (χ4n) is 2.20. The zero-order chi connectivity index (χ0) is 13.5. The Bertz CT molecular complexity index is 379. The summed E-state index contributed by atoms with van der Waals surface area (Å²) >= 11 is 0. The van der Waals surface area contributed by atoms with E-state index in [1.54, 1.807) is 7.11 Å². The number of nitrogens with zero attached hydrogens (tertiary/aromatic N) is 2. The summed E-state index contributed by atoms with van der Waals surface area (Å²) in [6.45, 7) is 5.96. The molecule has 0 spiro atoms. The van der Waals surface area contributed by atoms with Crippen LogP contribution < -0.4 is 5.32 Å². The molecule has 0 aliphatic heterocycles. The van der Waals surface area contributed by atoms with Crippen molar-refractivity contribution in [2.24, 2.45) is 0 Å². The first-order valence-electron chi connectivity index (χ1n) is 7.25. The molecule has 1 aromatic heterocycles. The van der Waals surface area contributed by atoms with Crippen molar-refractivity contribution < 1.29 is 4.74 Å². The average Bonchev–Trinajstić information content (AvgIpc) is 3.26. The molecule has 0 saturated heterocycles. The van der Waals surface area contributed by atoms with Crippen LogP contribution in [-0.4, -0.2) is 42.7 Å². The van der Waals surface area contributed by atoms with Crippen LogP contribution in [0.15, 0.2) is 18.3 Å². The van der Waals surface area contributed by atoms with Gasteiger partial charge in [0.05, 0.1) is 6.61 Å². The van der Waals surface area contributed by atoms with Gasteiger partial charge in [0.15, 0.2) is 0 Å². The van der Waals surface area contributed by atoms with Crippen molar-refractivity contribution in [3.63, 3.8) is 0 Å². The third-order valence-electron chi connectivity index (χ3n) is 3.41. The van der Waals surface area contributed by atoms with Gasteiger partial charge in [0.25, 0.3) is 0 Å². The van der Waals surface area contributed by atoms with Gasteiger partial charge in [0.2, 0.25) is 0 Å². The highest BCUT2D eigenvalue weighted by atomic mass is 16.5. The molecule has 4 nitrogen and oxygen atoms in total. The van der Waals surface area contributed by atoms with Crippen LogP contribution in [0.4, 0.5) is 5.82 Å². The van der Waals surface area contributed by atoms with Crippen LogP contribution >= 0.6 is 0 Å². The second-order valence-corrected chi connectivity index (χ2v) is 5.17. The van der Waals surface area contributed by atoms with E-state index in [-0.39, 0.29) is 0 Å². The lowest BCUT2D eigenvalue weighted by Crippen LogP contribution is -2.29. The third kappa shape index (κ3) is 4.80. The van der Waals surface area contributed by atoms with Crippen LogP contribution in [0.1, 0.15) is 31.7 Å². The minimum atomic E-state index is 0.760. The van der Waals surface area contributed by atoms with Crippen molar-refractivity contribution >= 4 is 5.82 Å². The summed E-state index contributed by atoms with van der Waals surface area (Å²) in [5, 5.41) is 3.34. The maximum absolute atomic E-state index is 5.20. The number of methoxy groups -OCH3 is 1. The molecule has 0 atom stereocenters. The van der Waals surface area contributed by atoms with E-state index in [0.29, 0.717) is 0 Å². The maximum atomic E-state index is 5.20. The number of hydrogen-bond donors (Lipinski definition) is 1. The summed E-state index contributed by atoms with van der Waals surface area (Å²) in [5.74, 6) is 0.988. The van der Waals surface area contributed by atoms with Crippen LogP contribution in [0, 0.1) is 0 Å². The molecule has 0 radical (unpaired) electrons. The smallest absolute Gasteiger partial charge is 0.126 e. The normalized spacial score (nSPS) is 14.9. The van der Waals surface area contributed by atoms with E-state index >= 15 is 0 Å². The summed E-state index contributed by atoms with van der Waals surface area (Å²) in [7, 11) is 1.77. The number of ether oxygens (including phenoxy) is 1. The molecule has 1 fully saturated rings. The van der Waals surface area contributed by atoms with Crippen LogP contribution in [0.2, 0.25) is 0 Å². The molecule has 4 heteroatoms. The van der Waals surface area contributed by atoms with E-state index in [0.717, 1.165) is 44.5 Å². The largest absolute Gasteiger partial charge is 0.383 e. The summed E-state index contributed by atoms with van der Waals surface area (Å²) in [5.41, 5.74) is 1.33. The van der Waals surface area contributed by atoms with Gasteiger partial charge in [-0.2, -0.15) is 0 Å². The Morgan fingerprint density at radius 2 is 2.32 bits per heavy atom. The molecule has 0 bridgehead atoms. The van der Waals surface area contributed by atoms with Gasteiger partial charge in [-0.05, 0) is 37.0 Å². The Morgan fingerprint density at radius 3 is 3.00 bits per heavy atom. The molecule has 2 rings (SSSR count). The van der Waals surface area contributed by atoms with Crippen molar-refractivity contribution in [3.8, 4) is 0 Å². The van der Waals surface area contributed by atoms with E-state index in [4.69, 9.17) is 4.74 Å². The van der Waals surface area contributed by atoms with E-state index < -0.39 is 0 Å². The van der Waals surface area contributed by atoms with Gasteiger partial charge < -0.3 is 10.1 Å². The fourth-order valence-corrected chi connectivity index (χ4v) is 2.20. The Balaban J connectivity index is 1.92. The molecule has 106 valence electrons. The molecule has 1 N–H and O–H groups in total. The first kappa shape index (κ1) is 14.3. The lowest BCUT2D eigenvalue weighted by atomic mass is 10.2. The quantitative estimate of drug-likeness (QED) is 0.743. The van der Waals surface area contributed by atoms with Gasteiger partial charge in [0, 0.05) is 39.0 Å². The van der Waals surface area contributed by atoms with Gasteiger partial charge >= 0.3 is 0 Å². The van der Waals surface area contributed by atoms with Crippen LogP contribution in [0.5, 0.6) is 0 Å². The highest BCUT2D eigenvalue weighted by molar-refractivity contribution is 5.37. The maximum Gasteiger partial charge on any atom is 0.126 e. The standard InChI is InChI=1S/C15H25N3O/c1-3-7-16-15-11-13(6-8-17-15)12-18(9-10-19-2)14-4-5-14/h6,8,11,14H,3-5,7,9-10,12H2,1-2H3,(H,16,17). The highest BCUT2D eigenvalue weighted by Gasteiger charge is 2.28. The van der Waals surface area contributed by atoms with Crippen molar-refractivity contribution in [3.05, 3.63) is 23.9 Å². The first-order chi connectivity index (χ1) is 9.33. The minimum absolute atomic E-state index is 0.760. The summed E-state index contributed by atoms with van der Waals surface area (Å²) in [4.78, 5) is 6.87.